The van der Waals surface area contributed by atoms with E-state index in [0.29, 0.717) is 12.2 Å². The number of aromatic nitrogens is 2. The summed E-state index contributed by atoms with van der Waals surface area (Å²) in [5.74, 6) is 0. The Morgan fingerprint density at radius 1 is 1.47 bits per heavy atom. The van der Waals surface area contributed by atoms with Gasteiger partial charge in [0.25, 0.3) is 0 Å². The van der Waals surface area contributed by atoms with Gasteiger partial charge in [0.1, 0.15) is 6.07 Å². The summed E-state index contributed by atoms with van der Waals surface area (Å²) >= 11 is 0. The minimum absolute atomic E-state index is 0.310. The minimum Gasteiger partial charge on any atom is -0.379 e. The van der Waals surface area contributed by atoms with Gasteiger partial charge in [-0.25, -0.2) is 0 Å². The van der Waals surface area contributed by atoms with Crippen molar-refractivity contribution in [2.24, 2.45) is 0 Å². The van der Waals surface area contributed by atoms with Crippen LogP contribution < -0.4 is 5.32 Å². The maximum atomic E-state index is 9.03. The molecule has 0 radical (unpaired) electrons. The summed E-state index contributed by atoms with van der Waals surface area (Å²) in [6.07, 6.45) is 1.74. The molecule has 0 saturated heterocycles. The molecular weight excluding hydrogens is 212 g/mol. The van der Waals surface area contributed by atoms with Crippen molar-refractivity contribution in [2.75, 3.05) is 11.9 Å². The minimum atomic E-state index is 0.310. The van der Waals surface area contributed by atoms with Crippen LogP contribution in [0.1, 0.15) is 11.3 Å². The van der Waals surface area contributed by atoms with Crippen molar-refractivity contribution in [2.45, 2.75) is 6.92 Å². The standard InChI is InChI=1S/C13H12N4/c1-3-6-15-13-10-7-9(2)4-5-11(10)16-17-12(13)8-14/h3-5,7H,1,6H2,2H3,(H,15,16). The first-order valence-corrected chi connectivity index (χ1v) is 5.28. The van der Waals surface area contributed by atoms with Gasteiger partial charge >= 0.3 is 0 Å². The number of hydrogen-bond donors (Lipinski definition) is 1. The van der Waals surface area contributed by atoms with Gasteiger partial charge < -0.3 is 5.32 Å². The largest absolute Gasteiger partial charge is 0.379 e. The molecule has 2 rings (SSSR count). The summed E-state index contributed by atoms with van der Waals surface area (Å²) in [6, 6.07) is 7.92. The van der Waals surface area contributed by atoms with Gasteiger partial charge in [-0.2, -0.15) is 5.26 Å². The molecule has 0 bridgehead atoms. The van der Waals surface area contributed by atoms with Gasteiger partial charge in [0.15, 0.2) is 5.69 Å². The molecule has 2 aromatic rings. The van der Waals surface area contributed by atoms with Crippen molar-refractivity contribution >= 4 is 16.6 Å². The third kappa shape index (κ3) is 2.08. The van der Waals surface area contributed by atoms with E-state index in [2.05, 4.69) is 22.1 Å². The Morgan fingerprint density at radius 3 is 3.00 bits per heavy atom. The number of fused-ring (bicyclic) bond motifs is 1. The van der Waals surface area contributed by atoms with E-state index in [0.717, 1.165) is 22.2 Å². The first kappa shape index (κ1) is 11.1. The lowest BCUT2D eigenvalue weighted by Crippen LogP contribution is -2.04. The van der Waals surface area contributed by atoms with E-state index in [1.165, 1.54) is 0 Å². The zero-order chi connectivity index (χ0) is 12.3. The predicted molar refractivity (Wildman–Crippen MR) is 67.7 cm³/mol. The smallest absolute Gasteiger partial charge is 0.186 e. The van der Waals surface area contributed by atoms with Crippen molar-refractivity contribution in [1.82, 2.24) is 10.2 Å². The van der Waals surface area contributed by atoms with E-state index < -0.39 is 0 Å². The number of nitriles is 1. The zero-order valence-electron chi connectivity index (χ0n) is 9.57. The van der Waals surface area contributed by atoms with Crippen molar-refractivity contribution in [3.8, 4) is 6.07 Å². The Kier molecular flexibility index (Phi) is 3.01. The van der Waals surface area contributed by atoms with Gasteiger partial charge in [-0.1, -0.05) is 17.7 Å². The van der Waals surface area contributed by atoms with Crippen molar-refractivity contribution in [3.05, 3.63) is 42.1 Å². The third-order valence-electron chi connectivity index (χ3n) is 2.45. The van der Waals surface area contributed by atoms with E-state index in [1.807, 2.05) is 31.2 Å². The van der Waals surface area contributed by atoms with Crippen LogP contribution >= 0.6 is 0 Å². The molecule has 0 aliphatic rings. The second-order valence-corrected chi connectivity index (χ2v) is 3.73. The van der Waals surface area contributed by atoms with Gasteiger partial charge in [0.2, 0.25) is 0 Å². The molecule has 1 aromatic heterocycles. The van der Waals surface area contributed by atoms with E-state index in [-0.39, 0.29) is 0 Å². The summed E-state index contributed by atoms with van der Waals surface area (Å²) in [7, 11) is 0. The Bertz CT molecular complexity index is 611. The second-order valence-electron chi connectivity index (χ2n) is 3.73. The van der Waals surface area contributed by atoms with Gasteiger partial charge in [0.05, 0.1) is 11.2 Å². The molecule has 0 spiro atoms. The summed E-state index contributed by atoms with van der Waals surface area (Å²) < 4.78 is 0. The first-order valence-electron chi connectivity index (χ1n) is 5.28. The first-order chi connectivity index (χ1) is 8.26. The van der Waals surface area contributed by atoms with Gasteiger partial charge in [-0.3, -0.25) is 0 Å². The Hall–Kier alpha value is -2.41. The lowest BCUT2D eigenvalue weighted by atomic mass is 10.1. The highest BCUT2D eigenvalue weighted by atomic mass is 15.1. The molecule has 1 aromatic carbocycles. The van der Waals surface area contributed by atoms with Crippen molar-refractivity contribution < 1.29 is 0 Å². The Morgan fingerprint density at radius 2 is 2.29 bits per heavy atom. The van der Waals surface area contributed by atoms with E-state index in [1.54, 1.807) is 6.08 Å². The predicted octanol–water partition coefficient (Wildman–Crippen LogP) is 2.41. The molecule has 0 saturated carbocycles. The van der Waals surface area contributed by atoms with Crippen LogP contribution in [0.3, 0.4) is 0 Å². The third-order valence-corrected chi connectivity index (χ3v) is 2.45. The van der Waals surface area contributed by atoms with Crippen LogP contribution in [0.15, 0.2) is 30.9 Å². The summed E-state index contributed by atoms with van der Waals surface area (Å²) in [4.78, 5) is 0. The number of hydrogen-bond acceptors (Lipinski definition) is 4. The monoisotopic (exact) mass is 224 g/mol. The van der Waals surface area contributed by atoms with E-state index in [9.17, 15) is 0 Å². The fourth-order valence-electron chi connectivity index (χ4n) is 1.65. The average Bonchev–Trinajstić information content (AvgIpc) is 2.35. The topological polar surface area (TPSA) is 61.6 Å². The number of aryl methyl sites for hydroxylation is 1. The molecule has 1 heterocycles. The summed E-state index contributed by atoms with van der Waals surface area (Å²) in [5.41, 5.74) is 2.93. The van der Waals surface area contributed by atoms with E-state index >= 15 is 0 Å². The highest BCUT2D eigenvalue weighted by molar-refractivity contribution is 5.93. The van der Waals surface area contributed by atoms with Crippen LogP contribution in [-0.4, -0.2) is 16.7 Å². The number of benzene rings is 1. The zero-order valence-corrected chi connectivity index (χ0v) is 9.57. The Labute approximate surface area is 99.6 Å². The molecule has 4 nitrogen and oxygen atoms in total. The van der Waals surface area contributed by atoms with Crippen LogP contribution in [0.5, 0.6) is 0 Å². The SMILES string of the molecule is C=CCNc1c(C#N)nnc2ccc(C)cc12. The molecule has 0 fully saturated rings. The molecule has 0 unspecified atom stereocenters. The van der Waals surface area contributed by atoms with Gasteiger partial charge in [-0.05, 0) is 19.1 Å². The molecular formula is C13H12N4. The normalized spacial score (nSPS) is 9.88. The highest BCUT2D eigenvalue weighted by Crippen LogP contribution is 2.24. The Balaban J connectivity index is 2.68. The molecule has 84 valence electrons. The molecule has 1 N–H and O–H groups in total. The molecule has 0 aliphatic heterocycles. The second kappa shape index (κ2) is 4.62. The number of nitrogens with zero attached hydrogens (tertiary/aromatic N) is 3. The average molecular weight is 224 g/mol. The molecule has 0 aliphatic carbocycles. The van der Waals surface area contributed by atoms with Crippen LogP contribution in [0.25, 0.3) is 10.9 Å². The van der Waals surface area contributed by atoms with Crippen LogP contribution in [-0.2, 0) is 0 Å². The maximum Gasteiger partial charge on any atom is 0.186 e. The van der Waals surface area contributed by atoms with Gasteiger partial charge in [-0.15, -0.1) is 16.8 Å². The quantitative estimate of drug-likeness (QED) is 0.813. The van der Waals surface area contributed by atoms with Crippen LogP contribution in [0, 0.1) is 18.3 Å². The molecule has 17 heavy (non-hydrogen) atoms. The number of anilines is 1. The van der Waals surface area contributed by atoms with Crippen molar-refractivity contribution in [3.63, 3.8) is 0 Å². The van der Waals surface area contributed by atoms with Gasteiger partial charge in [0, 0.05) is 11.9 Å². The fraction of sp³-hybridized carbons (Fsp3) is 0.154. The van der Waals surface area contributed by atoms with Crippen molar-refractivity contribution in [1.29, 1.82) is 5.26 Å². The van der Waals surface area contributed by atoms with Crippen LogP contribution in [0.2, 0.25) is 0 Å². The number of nitrogens with one attached hydrogen (secondary N) is 1. The lowest BCUT2D eigenvalue weighted by molar-refractivity contribution is 1.05. The maximum absolute atomic E-state index is 9.03. The number of rotatable bonds is 3. The fourth-order valence-corrected chi connectivity index (χ4v) is 1.65. The summed E-state index contributed by atoms with van der Waals surface area (Å²) in [6.45, 7) is 6.24. The lowest BCUT2D eigenvalue weighted by Gasteiger charge is -2.08. The highest BCUT2D eigenvalue weighted by Gasteiger charge is 2.09. The molecule has 0 atom stereocenters. The van der Waals surface area contributed by atoms with Crippen LogP contribution in [0.4, 0.5) is 5.69 Å². The molecule has 4 heteroatoms. The van der Waals surface area contributed by atoms with E-state index in [4.69, 9.17) is 5.26 Å². The summed E-state index contributed by atoms with van der Waals surface area (Å²) in [5, 5.41) is 21.0. The molecule has 0 amide bonds.